The van der Waals surface area contributed by atoms with Crippen molar-refractivity contribution in [1.29, 1.82) is 0 Å². The van der Waals surface area contributed by atoms with Crippen molar-refractivity contribution in [2.45, 2.75) is 4.90 Å². The van der Waals surface area contributed by atoms with Gasteiger partial charge in [0.1, 0.15) is 11.5 Å². The van der Waals surface area contributed by atoms with Gasteiger partial charge in [-0.2, -0.15) is 0 Å². The van der Waals surface area contributed by atoms with Crippen LogP contribution in [0.15, 0.2) is 53.4 Å². The first-order valence-electron chi connectivity index (χ1n) is 6.01. The smallest absolute Gasteiger partial charge is 0.263 e. The number of aliphatic hydroxyl groups excluding tert-OH is 1. The van der Waals surface area contributed by atoms with Crippen LogP contribution in [0.1, 0.15) is 5.56 Å². The molecule has 0 saturated heterocycles. The van der Waals surface area contributed by atoms with Crippen molar-refractivity contribution >= 4 is 27.3 Å². The van der Waals surface area contributed by atoms with E-state index in [9.17, 15) is 8.42 Å². The molecule has 21 heavy (non-hydrogen) atoms. The number of hydrogen-bond acceptors (Lipinski definition) is 3. The average molecular weight is 322 g/mol. The van der Waals surface area contributed by atoms with E-state index in [1.165, 1.54) is 12.1 Å². The minimum absolute atomic E-state index is 0.00316. The summed E-state index contributed by atoms with van der Waals surface area (Å²) >= 11 is 5.92. The third kappa shape index (κ3) is 3.76. The van der Waals surface area contributed by atoms with Gasteiger partial charge in [0, 0.05) is 5.56 Å². The van der Waals surface area contributed by atoms with E-state index in [-0.39, 0.29) is 16.5 Å². The maximum atomic E-state index is 12.4. The van der Waals surface area contributed by atoms with Gasteiger partial charge in [0.2, 0.25) is 0 Å². The molecule has 0 aliphatic heterocycles. The number of hydrogen-bond donors (Lipinski definition) is 2. The van der Waals surface area contributed by atoms with E-state index in [4.69, 9.17) is 16.7 Å². The Bertz CT molecular complexity index is 807. The topological polar surface area (TPSA) is 66.4 Å². The van der Waals surface area contributed by atoms with Crippen LogP contribution in [0, 0.1) is 11.8 Å². The molecule has 0 bridgehead atoms. The molecular formula is C15H12ClNO3S. The summed E-state index contributed by atoms with van der Waals surface area (Å²) in [6, 6.07) is 12.9. The van der Waals surface area contributed by atoms with E-state index in [0.29, 0.717) is 11.3 Å². The van der Waals surface area contributed by atoms with E-state index in [0.717, 1.165) is 0 Å². The van der Waals surface area contributed by atoms with Crippen LogP contribution in [0.25, 0.3) is 0 Å². The molecule has 0 fully saturated rings. The van der Waals surface area contributed by atoms with Crippen LogP contribution >= 0.6 is 11.6 Å². The second-order valence-electron chi connectivity index (χ2n) is 4.04. The lowest BCUT2D eigenvalue weighted by atomic mass is 10.2. The third-order valence-corrected chi connectivity index (χ3v) is 4.46. The van der Waals surface area contributed by atoms with Crippen LogP contribution in [-0.4, -0.2) is 20.1 Å². The molecule has 2 aromatic carbocycles. The first kappa shape index (κ1) is 15.4. The Hall–Kier alpha value is -2.00. The van der Waals surface area contributed by atoms with Crippen LogP contribution in [-0.2, 0) is 10.0 Å². The van der Waals surface area contributed by atoms with Gasteiger partial charge in [-0.05, 0) is 24.3 Å². The van der Waals surface area contributed by atoms with Crippen molar-refractivity contribution in [2.75, 3.05) is 11.3 Å². The van der Waals surface area contributed by atoms with Gasteiger partial charge in [-0.15, -0.1) is 0 Å². The highest BCUT2D eigenvalue weighted by atomic mass is 35.5. The zero-order chi connectivity index (χ0) is 15.3. The van der Waals surface area contributed by atoms with Crippen LogP contribution < -0.4 is 4.72 Å². The zero-order valence-electron chi connectivity index (χ0n) is 10.9. The molecule has 0 atom stereocenters. The lowest BCUT2D eigenvalue weighted by molar-refractivity contribution is 0.350. The molecule has 6 heteroatoms. The Morgan fingerprint density at radius 1 is 1.10 bits per heavy atom. The Balaban J connectivity index is 2.40. The van der Waals surface area contributed by atoms with Gasteiger partial charge in [0.15, 0.2) is 0 Å². The summed E-state index contributed by atoms with van der Waals surface area (Å²) in [7, 11) is -3.80. The van der Waals surface area contributed by atoms with Crippen molar-refractivity contribution in [3.05, 3.63) is 59.1 Å². The van der Waals surface area contributed by atoms with E-state index in [1.807, 2.05) is 0 Å². The van der Waals surface area contributed by atoms with Gasteiger partial charge in [0.05, 0.1) is 10.7 Å². The highest BCUT2D eigenvalue weighted by Gasteiger charge is 2.18. The predicted molar refractivity (Wildman–Crippen MR) is 82.7 cm³/mol. The predicted octanol–water partition coefficient (Wildman–Crippen LogP) is 2.48. The van der Waals surface area contributed by atoms with Gasteiger partial charge in [-0.1, -0.05) is 47.7 Å². The molecule has 0 radical (unpaired) electrons. The van der Waals surface area contributed by atoms with Crippen molar-refractivity contribution in [1.82, 2.24) is 0 Å². The maximum Gasteiger partial charge on any atom is 0.263 e. The lowest BCUT2D eigenvalue weighted by Crippen LogP contribution is -2.14. The monoisotopic (exact) mass is 321 g/mol. The fourth-order valence-corrected chi connectivity index (χ4v) is 3.28. The molecule has 0 unspecified atom stereocenters. The highest BCUT2D eigenvalue weighted by molar-refractivity contribution is 7.92. The molecule has 0 aromatic heterocycles. The van der Waals surface area contributed by atoms with Crippen LogP contribution in [0.5, 0.6) is 0 Å². The van der Waals surface area contributed by atoms with Crippen molar-refractivity contribution in [3.63, 3.8) is 0 Å². The number of benzene rings is 2. The summed E-state index contributed by atoms with van der Waals surface area (Å²) in [4.78, 5) is -0.00316. The molecular weight excluding hydrogens is 310 g/mol. The molecule has 0 amide bonds. The fraction of sp³-hybridized carbons (Fsp3) is 0.0667. The summed E-state index contributed by atoms with van der Waals surface area (Å²) in [6.45, 7) is -0.300. The Kier molecular flexibility index (Phi) is 4.86. The molecule has 0 aliphatic carbocycles. The normalized spacial score (nSPS) is 10.6. The van der Waals surface area contributed by atoms with Crippen molar-refractivity contribution < 1.29 is 13.5 Å². The van der Waals surface area contributed by atoms with Gasteiger partial charge < -0.3 is 5.11 Å². The number of sulfonamides is 1. The molecule has 2 N–H and O–H groups in total. The number of para-hydroxylation sites is 1. The third-order valence-electron chi connectivity index (χ3n) is 2.60. The number of rotatable bonds is 3. The lowest BCUT2D eigenvalue weighted by Gasteiger charge is -2.10. The summed E-state index contributed by atoms with van der Waals surface area (Å²) in [5.74, 6) is 5.18. The number of halogens is 1. The second-order valence-corrected chi connectivity index (χ2v) is 6.10. The molecule has 108 valence electrons. The number of aliphatic hydroxyl groups is 1. The molecule has 0 aliphatic rings. The van der Waals surface area contributed by atoms with E-state index < -0.39 is 10.0 Å². The highest BCUT2D eigenvalue weighted by Crippen LogP contribution is 2.24. The van der Waals surface area contributed by atoms with Gasteiger partial charge in [-0.25, -0.2) is 8.42 Å². The molecule has 2 aromatic rings. The van der Waals surface area contributed by atoms with Crippen LogP contribution in [0.2, 0.25) is 5.02 Å². The molecule has 0 saturated carbocycles. The SMILES string of the molecule is O=S(=O)(Nc1ccccc1C#CCO)c1ccccc1Cl. The fourth-order valence-electron chi connectivity index (χ4n) is 1.68. The Morgan fingerprint density at radius 3 is 2.48 bits per heavy atom. The number of anilines is 1. The Labute approximate surface area is 128 Å². The molecule has 2 rings (SSSR count). The first-order valence-corrected chi connectivity index (χ1v) is 7.87. The standard InChI is InChI=1S/C15H12ClNO3S/c16-13-8-2-4-10-15(13)21(19,20)17-14-9-3-1-6-12(14)7-5-11-18/h1-4,6,8-10,17-18H,11H2. The second kappa shape index (κ2) is 6.64. The largest absolute Gasteiger partial charge is 0.384 e. The summed E-state index contributed by atoms with van der Waals surface area (Å²) in [6.07, 6.45) is 0. The van der Waals surface area contributed by atoms with E-state index >= 15 is 0 Å². The molecule has 4 nitrogen and oxygen atoms in total. The maximum absolute atomic E-state index is 12.4. The Morgan fingerprint density at radius 2 is 1.76 bits per heavy atom. The quantitative estimate of drug-likeness (QED) is 0.854. The minimum atomic E-state index is -3.80. The van der Waals surface area contributed by atoms with Gasteiger partial charge in [0.25, 0.3) is 10.0 Å². The van der Waals surface area contributed by atoms with Gasteiger partial charge in [-0.3, -0.25) is 4.72 Å². The molecule has 0 heterocycles. The minimum Gasteiger partial charge on any atom is -0.384 e. The van der Waals surface area contributed by atoms with E-state index in [1.54, 1.807) is 36.4 Å². The molecule has 0 spiro atoms. The summed E-state index contributed by atoms with van der Waals surface area (Å²) < 4.78 is 27.2. The summed E-state index contributed by atoms with van der Waals surface area (Å²) in [5, 5.41) is 8.88. The van der Waals surface area contributed by atoms with Gasteiger partial charge >= 0.3 is 0 Å². The van der Waals surface area contributed by atoms with Crippen LogP contribution in [0.4, 0.5) is 5.69 Å². The average Bonchev–Trinajstić information content (AvgIpc) is 2.46. The zero-order valence-corrected chi connectivity index (χ0v) is 12.4. The van der Waals surface area contributed by atoms with Crippen LogP contribution in [0.3, 0.4) is 0 Å². The van der Waals surface area contributed by atoms with Crippen molar-refractivity contribution in [3.8, 4) is 11.8 Å². The van der Waals surface area contributed by atoms with E-state index in [2.05, 4.69) is 16.6 Å². The number of nitrogens with one attached hydrogen (secondary N) is 1. The first-order chi connectivity index (χ1) is 10.0. The summed E-state index contributed by atoms with van der Waals surface area (Å²) in [5.41, 5.74) is 0.806. The van der Waals surface area contributed by atoms with Crippen molar-refractivity contribution in [2.24, 2.45) is 0 Å².